The van der Waals surface area contributed by atoms with Gasteiger partial charge in [0.15, 0.2) is 0 Å². The van der Waals surface area contributed by atoms with Crippen molar-refractivity contribution in [2.45, 2.75) is 58.7 Å². The Hall–Kier alpha value is -0.200. The number of aliphatic hydroxyl groups is 1. The van der Waals surface area contributed by atoms with Gasteiger partial charge in [-0.25, -0.2) is 0 Å². The van der Waals surface area contributed by atoms with Crippen molar-refractivity contribution in [2.75, 3.05) is 46.2 Å². The zero-order valence-corrected chi connectivity index (χ0v) is 14.4. The lowest BCUT2D eigenvalue weighted by Gasteiger charge is -2.37. The fraction of sp³-hybridized carbons (Fsp3) is 1.00. The Morgan fingerprint density at radius 3 is 1.57 bits per heavy atom. The monoisotopic (exact) mass is 306 g/mol. The smallest absolute Gasteiger partial charge is 0.0907 e. The van der Waals surface area contributed by atoms with Gasteiger partial charge in [-0.15, -0.1) is 0 Å². The second kappa shape index (κ2) is 11.4. The van der Waals surface area contributed by atoms with Crippen LogP contribution >= 0.6 is 0 Å². The van der Waals surface area contributed by atoms with E-state index in [1.165, 1.54) is 0 Å². The molecule has 0 radical (unpaired) electrons. The Morgan fingerprint density at radius 2 is 1.14 bits per heavy atom. The minimum atomic E-state index is -0.881. The van der Waals surface area contributed by atoms with E-state index in [0.717, 1.165) is 19.4 Å². The number of unbranched alkanes of at least 4 members (excludes halogenated alkanes) is 1. The molecule has 0 spiro atoms. The molecule has 0 bridgehead atoms. The predicted molar refractivity (Wildman–Crippen MR) is 83.7 cm³/mol. The van der Waals surface area contributed by atoms with Crippen molar-refractivity contribution in [1.82, 2.24) is 0 Å². The molecular formula is C16H34O5. The molecule has 0 heterocycles. The third kappa shape index (κ3) is 11.1. The summed E-state index contributed by atoms with van der Waals surface area (Å²) in [6, 6.07) is 0. The summed E-state index contributed by atoms with van der Waals surface area (Å²) in [5.41, 5.74) is -1.48. The first kappa shape index (κ1) is 20.8. The highest BCUT2D eigenvalue weighted by atomic mass is 16.6. The first-order chi connectivity index (χ1) is 9.81. The predicted octanol–water partition coefficient (Wildman–Crippen LogP) is 2.40. The van der Waals surface area contributed by atoms with Crippen molar-refractivity contribution >= 4 is 0 Å². The minimum Gasteiger partial charge on any atom is -0.387 e. The molecule has 0 amide bonds. The van der Waals surface area contributed by atoms with Gasteiger partial charge in [-0.1, -0.05) is 13.3 Å². The maximum absolute atomic E-state index is 9.92. The molecule has 0 aromatic rings. The summed E-state index contributed by atoms with van der Waals surface area (Å²) in [5.74, 6) is 0. The molecule has 0 aromatic carbocycles. The molecule has 0 fully saturated rings. The SMILES string of the molecule is CCCCOCCOCCOCCOC(C)(C)C(C)(C)O. The summed E-state index contributed by atoms with van der Waals surface area (Å²) in [7, 11) is 0. The molecule has 0 saturated carbocycles. The lowest BCUT2D eigenvalue weighted by atomic mass is 9.89. The van der Waals surface area contributed by atoms with E-state index in [1.54, 1.807) is 13.8 Å². The van der Waals surface area contributed by atoms with Crippen molar-refractivity contribution in [1.29, 1.82) is 0 Å². The Bertz CT molecular complexity index is 235. The molecule has 0 aromatic heterocycles. The molecule has 0 rings (SSSR count). The normalized spacial score (nSPS) is 12.9. The van der Waals surface area contributed by atoms with Gasteiger partial charge in [-0.05, 0) is 34.1 Å². The van der Waals surface area contributed by atoms with Crippen LogP contribution in [0.1, 0.15) is 47.5 Å². The lowest BCUT2D eigenvalue weighted by Crippen LogP contribution is -2.47. The number of rotatable bonds is 14. The van der Waals surface area contributed by atoms with Gasteiger partial charge in [0, 0.05) is 6.61 Å². The van der Waals surface area contributed by atoms with E-state index >= 15 is 0 Å². The van der Waals surface area contributed by atoms with E-state index in [2.05, 4.69) is 6.92 Å². The molecule has 0 aliphatic heterocycles. The Balaban J connectivity index is 3.30. The Labute approximate surface area is 129 Å². The molecule has 0 atom stereocenters. The van der Waals surface area contributed by atoms with Gasteiger partial charge >= 0.3 is 0 Å². The van der Waals surface area contributed by atoms with Crippen LogP contribution in [0, 0.1) is 0 Å². The second-order valence-corrected chi connectivity index (χ2v) is 6.11. The average molecular weight is 306 g/mol. The van der Waals surface area contributed by atoms with Crippen LogP contribution in [0.5, 0.6) is 0 Å². The van der Waals surface area contributed by atoms with E-state index in [1.807, 2.05) is 13.8 Å². The third-order valence-electron chi connectivity index (χ3n) is 3.55. The number of ether oxygens (including phenoxy) is 4. The summed E-state index contributed by atoms with van der Waals surface area (Å²) in [6.45, 7) is 13.5. The number of hydrogen-bond acceptors (Lipinski definition) is 5. The minimum absolute atomic E-state index is 0.455. The van der Waals surface area contributed by atoms with Crippen LogP contribution < -0.4 is 0 Å². The summed E-state index contributed by atoms with van der Waals surface area (Å²) >= 11 is 0. The zero-order valence-electron chi connectivity index (χ0n) is 14.4. The van der Waals surface area contributed by atoms with E-state index in [9.17, 15) is 5.11 Å². The number of hydrogen-bond donors (Lipinski definition) is 1. The molecule has 1 N–H and O–H groups in total. The third-order valence-corrected chi connectivity index (χ3v) is 3.55. The second-order valence-electron chi connectivity index (χ2n) is 6.11. The van der Waals surface area contributed by atoms with Crippen LogP contribution in [0.15, 0.2) is 0 Å². The highest BCUT2D eigenvalue weighted by Gasteiger charge is 2.35. The van der Waals surface area contributed by atoms with Gasteiger partial charge in [0.1, 0.15) is 0 Å². The van der Waals surface area contributed by atoms with Gasteiger partial charge in [0.05, 0.1) is 50.8 Å². The van der Waals surface area contributed by atoms with Crippen LogP contribution in [0.3, 0.4) is 0 Å². The zero-order chi connectivity index (χ0) is 16.2. The highest BCUT2D eigenvalue weighted by molar-refractivity contribution is 4.87. The molecule has 0 unspecified atom stereocenters. The molecule has 0 saturated heterocycles. The fourth-order valence-corrected chi connectivity index (χ4v) is 1.32. The maximum atomic E-state index is 9.92. The summed E-state index contributed by atoms with van der Waals surface area (Å²) < 4.78 is 21.8. The quantitative estimate of drug-likeness (QED) is 0.499. The average Bonchev–Trinajstić information content (AvgIpc) is 2.38. The van der Waals surface area contributed by atoms with Gasteiger partial charge in [0.2, 0.25) is 0 Å². The Morgan fingerprint density at radius 1 is 0.714 bits per heavy atom. The van der Waals surface area contributed by atoms with Crippen molar-refractivity contribution in [2.24, 2.45) is 0 Å². The van der Waals surface area contributed by atoms with Gasteiger partial charge in [-0.3, -0.25) is 0 Å². The van der Waals surface area contributed by atoms with Crippen LogP contribution in [-0.4, -0.2) is 62.6 Å². The summed E-state index contributed by atoms with van der Waals surface area (Å²) in [6.07, 6.45) is 2.26. The van der Waals surface area contributed by atoms with Crippen LogP contribution in [0.25, 0.3) is 0 Å². The van der Waals surface area contributed by atoms with E-state index in [-0.39, 0.29) is 0 Å². The molecular weight excluding hydrogens is 272 g/mol. The maximum Gasteiger partial charge on any atom is 0.0907 e. The molecule has 128 valence electrons. The first-order valence-corrected chi connectivity index (χ1v) is 7.91. The first-order valence-electron chi connectivity index (χ1n) is 7.91. The summed E-state index contributed by atoms with van der Waals surface area (Å²) in [5, 5.41) is 9.92. The molecule has 0 aliphatic carbocycles. The van der Waals surface area contributed by atoms with E-state index in [4.69, 9.17) is 18.9 Å². The van der Waals surface area contributed by atoms with Crippen molar-refractivity contribution in [3.63, 3.8) is 0 Å². The van der Waals surface area contributed by atoms with E-state index in [0.29, 0.717) is 39.6 Å². The standard InChI is InChI=1S/C16H34O5/c1-6-7-8-18-9-10-19-11-12-20-13-14-21-16(4,5)15(2,3)17/h17H,6-14H2,1-5H3. The molecule has 21 heavy (non-hydrogen) atoms. The van der Waals surface area contributed by atoms with Crippen LogP contribution in [0.4, 0.5) is 0 Å². The van der Waals surface area contributed by atoms with Crippen LogP contribution in [0.2, 0.25) is 0 Å². The van der Waals surface area contributed by atoms with Gasteiger partial charge in [-0.2, -0.15) is 0 Å². The topological polar surface area (TPSA) is 57.2 Å². The molecule has 0 aliphatic rings. The van der Waals surface area contributed by atoms with Gasteiger partial charge < -0.3 is 24.1 Å². The lowest BCUT2D eigenvalue weighted by molar-refractivity contribution is -0.155. The largest absolute Gasteiger partial charge is 0.387 e. The highest BCUT2D eigenvalue weighted by Crippen LogP contribution is 2.24. The molecule has 5 nitrogen and oxygen atoms in total. The fourth-order valence-electron chi connectivity index (χ4n) is 1.32. The van der Waals surface area contributed by atoms with Crippen molar-refractivity contribution in [3.8, 4) is 0 Å². The Kier molecular flexibility index (Phi) is 11.3. The van der Waals surface area contributed by atoms with Crippen molar-refractivity contribution < 1.29 is 24.1 Å². The van der Waals surface area contributed by atoms with Crippen molar-refractivity contribution in [3.05, 3.63) is 0 Å². The van der Waals surface area contributed by atoms with Gasteiger partial charge in [0.25, 0.3) is 0 Å². The molecule has 5 heteroatoms. The van der Waals surface area contributed by atoms with Crippen LogP contribution in [-0.2, 0) is 18.9 Å². The van der Waals surface area contributed by atoms with E-state index < -0.39 is 11.2 Å². The summed E-state index contributed by atoms with van der Waals surface area (Å²) in [4.78, 5) is 0.